The molecule has 2 aromatic carbocycles. The fraction of sp³-hybridized carbons (Fsp3) is 0.423. The summed E-state index contributed by atoms with van der Waals surface area (Å²) in [5, 5.41) is 14.2. The molecule has 0 unspecified atom stereocenters. The summed E-state index contributed by atoms with van der Waals surface area (Å²) in [6, 6.07) is 15.8. The third-order valence-corrected chi connectivity index (χ3v) is 6.20. The van der Waals surface area contributed by atoms with Crippen LogP contribution in [0.5, 0.6) is 0 Å². The van der Waals surface area contributed by atoms with E-state index < -0.39 is 11.9 Å². The first-order chi connectivity index (χ1) is 16.8. The number of rotatable bonds is 9. The van der Waals surface area contributed by atoms with Crippen molar-refractivity contribution in [1.29, 1.82) is 0 Å². The van der Waals surface area contributed by atoms with Gasteiger partial charge >= 0.3 is 6.18 Å². The van der Waals surface area contributed by atoms with Crippen molar-refractivity contribution in [3.8, 4) is 22.5 Å². The van der Waals surface area contributed by atoms with Crippen molar-refractivity contribution >= 4 is 0 Å². The van der Waals surface area contributed by atoms with Gasteiger partial charge in [0.15, 0.2) is 5.82 Å². The highest BCUT2D eigenvalue weighted by Gasteiger charge is 2.45. The number of hydrogen-bond donors (Lipinski definition) is 1. The number of nitrogens with one attached hydrogen (secondary N) is 1. The number of aromatic nitrogens is 4. The smallest absolute Gasteiger partial charge is 0.351 e. The molecule has 1 N–H and O–H groups in total. The van der Waals surface area contributed by atoms with E-state index in [9.17, 15) is 13.2 Å². The molecular weight excluding hydrogens is 453 g/mol. The van der Waals surface area contributed by atoms with Gasteiger partial charge < -0.3 is 9.80 Å². The van der Waals surface area contributed by atoms with Gasteiger partial charge in [-0.2, -0.15) is 13.2 Å². The van der Waals surface area contributed by atoms with Crippen molar-refractivity contribution in [3.63, 3.8) is 0 Å². The molecule has 0 saturated heterocycles. The van der Waals surface area contributed by atoms with E-state index in [-0.39, 0.29) is 6.67 Å². The fourth-order valence-electron chi connectivity index (χ4n) is 4.56. The van der Waals surface area contributed by atoms with Gasteiger partial charge in [0.25, 0.3) is 0 Å². The first kappa shape index (κ1) is 24.8. The number of halogens is 3. The maximum atomic E-state index is 14.1. The second-order valence-electron chi connectivity index (χ2n) is 9.32. The summed E-state index contributed by atoms with van der Waals surface area (Å²) in [7, 11) is 0. The Hall–Kier alpha value is -3.36. The van der Waals surface area contributed by atoms with Crippen molar-refractivity contribution < 1.29 is 13.2 Å². The van der Waals surface area contributed by atoms with Gasteiger partial charge in [-0.25, -0.2) is 5.10 Å². The Morgan fingerprint density at radius 1 is 1.00 bits per heavy atom. The molecule has 1 aromatic heterocycles. The molecule has 0 saturated carbocycles. The highest BCUT2D eigenvalue weighted by Crippen LogP contribution is 2.40. The molecule has 0 fully saturated rings. The Balaban J connectivity index is 1.60. The zero-order valence-corrected chi connectivity index (χ0v) is 20.3. The Morgan fingerprint density at radius 2 is 1.71 bits per heavy atom. The molecule has 6 nitrogen and oxygen atoms in total. The average Bonchev–Trinajstić information content (AvgIpc) is 3.47. The molecule has 0 atom stereocenters. The monoisotopic (exact) mass is 484 g/mol. The molecule has 1 aliphatic rings. The number of benzene rings is 2. The summed E-state index contributed by atoms with van der Waals surface area (Å²) < 4.78 is 42.2. The third kappa shape index (κ3) is 5.66. The van der Waals surface area contributed by atoms with Gasteiger partial charge in [0.1, 0.15) is 5.70 Å². The lowest BCUT2D eigenvalue weighted by Crippen LogP contribution is -2.32. The van der Waals surface area contributed by atoms with Crippen LogP contribution in [0.2, 0.25) is 0 Å². The Kier molecular flexibility index (Phi) is 7.42. The SMILES string of the molecule is CCCN1CN(Cc2ccc(-c3ccccc3-c3nnn[nH]3)cc2)C(CCC(C)C)=C1C(F)(F)F. The molecule has 0 bridgehead atoms. The number of tetrazole rings is 1. The topological polar surface area (TPSA) is 60.9 Å². The van der Waals surface area contributed by atoms with E-state index in [0.29, 0.717) is 43.4 Å². The van der Waals surface area contributed by atoms with Gasteiger partial charge in [-0.1, -0.05) is 69.3 Å². The zero-order chi connectivity index (χ0) is 25.0. The molecule has 0 radical (unpaired) electrons. The van der Waals surface area contributed by atoms with Crippen LogP contribution in [0.4, 0.5) is 13.2 Å². The van der Waals surface area contributed by atoms with E-state index in [2.05, 4.69) is 20.6 Å². The van der Waals surface area contributed by atoms with Crippen LogP contribution in [0.25, 0.3) is 22.5 Å². The number of hydrogen-bond acceptors (Lipinski definition) is 5. The van der Waals surface area contributed by atoms with Crippen LogP contribution in [-0.4, -0.2) is 49.8 Å². The highest BCUT2D eigenvalue weighted by molar-refractivity contribution is 5.80. The summed E-state index contributed by atoms with van der Waals surface area (Å²) in [6.45, 7) is 7.09. The summed E-state index contributed by atoms with van der Waals surface area (Å²) in [5.74, 6) is 0.912. The number of nitrogens with zero attached hydrogens (tertiary/aromatic N) is 5. The highest BCUT2D eigenvalue weighted by atomic mass is 19.4. The minimum absolute atomic E-state index is 0.263. The van der Waals surface area contributed by atoms with Gasteiger partial charge in [0, 0.05) is 24.4 Å². The van der Waals surface area contributed by atoms with E-state index in [1.807, 2.05) is 74.2 Å². The lowest BCUT2D eigenvalue weighted by atomic mass is 9.98. The molecule has 186 valence electrons. The molecule has 35 heavy (non-hydrogen) atoms. The minimum Gasteiger partial charge on any atom is -0.351 e. The van der Waals surface area contributed by atoms with Gasteiger partial charge in [-0.15, -0.1) is 5.10 Å². The molecule has 0 spiro atoms. The summed E-state index contributed by atoms with van der Waals surface area (Å²) >= 11 is 0. The number of H-pyrrole nitrogens is 1. The van der Waals surface area contributed by atoms with Crippen LogP contribution >= 0.6 is 0 Å². The zero-order valence-electron chi connectivity index (χ0n) is 20.3. The van der Waals surface area contributed by atoms with E-state index in [1.54, 1.807) is 0 Å². The van der Waals surface area contributed by atoms with Crippen LogP contribution < -0.4 is 0 Å². The first-order valence-corrected chi connectivity index (χ1v) is 12.0. The lowest BCUT2D eigenvalue weighted by Gasteiger charge is -2.25. The minimum atomic E-state index is -4.36. The number of aromatic amines is 1. The van der Waals surface area contributed by atoms with Gasteiger partial charge in [0.05, 0.1) is 6.67 Å². The molecule has 0 amide bonds. The van der Waals surface area contributed by atoms with Gasteiger partial charge in [-0.3, -0.25) is 0 Å². The summed E-state index contributed by atoms with van der Waals surface area (Å²) in [5.41, 5.74) is 3.76. The van der Waals surface area contributed by atoms with Gasteiger partial charge in [0.2, 0.25) is 0 Å². The largest absolute Gasteiger partial charge is 0.432 e. The van der Waals surface area contributed by atoms with Crippen LogP contribution in [0.3, 0.4) is 0 Å². The predicted molar refractivity (Wildman–Crippen MR) is 130 cm³/mol. The number of alkyl halides is 3. The lowest BCUT2D eigenvalue weighted by molar-refractivity contribution is -0.110. The molecule has 2 heterocycles. The maximum Gasteiger partial charge on any atom is 0.432 e. The summed E-state index contributed by atoms with van der Waals surface area (Å²) in [4.78, 5) is 3.38. The van der Waals surface area contributed by atoms with Gasteiger partial charge in [-0.05, 0) is 52.3 Å². The molecule has 3 aromatic rings. The van der Waals surface area contributed by atoms with Crippen molar-refractivity contribution in [3.05, 3.63) is 65.5 Å². The Labute approximate surface area is 203 Å². The Bertz CT molecular complexity index is 1140. The van der Waals surface area contributed by atoms with Crippen LogP contribution in [-0.2, 0) is 6.54 Å². The van der Waals surface area contributed by atoms with Crippen molar-refractivity contribution in [2.24, 2.45) is 5.92 Å². The molecule has 4 rings (SSSR count). The molecule has 1 aliphatic heterocycles. The van der Waals surface area contributed by atoms with Crippen molar-refractivity contribution in [1.82, 2.24) is 30.4 Å². The quantitative estimate of drug-likeness (QED) is 0.390. The van der Waals surface area contributed by atoms with Crippen LogP contribution in [0.15, 0.2) is 59.9 Å². The molecular formula is C26H31F3N6. The van der Waals surface area contributed by atoms with E-state index in [0.717, 1.165) is 28.7 Å². The number of allylic oxidation sites excluding steroid dienone is 2. The van der Waals surface area contributed by atoms with Crippen LogP contribution in [0.1, 0.15) is 45.6 Å². The van der Waals surface area contributed by atoms with Crippen LogP contribution in [0, 0.1) is 5.92 Å². The second kappa shape index (κ2) is 10.5. The van der Waals surface area contributed by atoms with E-state index in [1.165, 1.54) is 4.90 Å². The van der Waals surface area contributed by atoms with E-state index >= 15 is 0 Å². The summed E-state index contributed by atoms with van der Waals surface area (Å²) in [6.07, 6.45) is -2.56. The maximum absolute atomic E-state index is 14.1. The molecule has 0 aliphatic carbocycles. The first-order valence-electron chi connectivity index (χ1n) is 12.0. The molecule has 9 heteroatoms. The van der Waals surface area contributed by atoms with Crippen molar-refractivity contribution in [2.45, 2.75) is 52.8 Å². The fourth-order valence-corrected chi connectivity index (χ4v) is 4.56. The standard InChI is InChI=1S/C26H31F3N6/c1-4-15-34-17-35(23(14-9-18(2)3)24(34)26(27,28)29)16-19-10-12-20(13-11-19)21-7-5-6-8-22(21)25-30-32-33-31-25/h5-8,10-13,18H,4,9,14-17H2,1-3H3,(H,30,31,32,33). The normalized spacial score (nSPS) is 14.5. The van der Waals surface area contributed by atoms with E-state index in [4.69, 9.17) is 0 Å². The Morgan fingerprint density at radius 3 is 2.31 bits per heavy atom. The second-order valence-corrected chi connectivity index (χ2v) is 9.32. The van der Waals surface area contributed by atoms with Crippen molar-refractivity contribution in [2.75, 3.05) is 13.2 Å². The third-order valence-electron chi connectivity index (χ3n) is 6.20. The average molecular weight is 485 g/mol. The predicted octanol–water partition coefficient (Wildman–Crippen LogP) is 6.23.